The first-order valence-corrected chi connectivity index (χ1v) is 5.69. The molecule has 0 unspecified atom stereocenters. The summed E-state index contributed by atoms with van der Waals surface area (Å²) >= 11 is 0. The highest BCUT2D eigenvalue weighted by atomic mass is 16.5. The number of ether oxygens (including phenoxy) is 3. The van der Waals surface area contributed by atoms with Crippen LogP contribution in [-0.4, -0.2) is 29.2 Å². The van der Waals surface area contributed by atoms with Crippen molar-refractivity contribution in [1.82, 2.24) is 15.0 Å². The van der Waals surface area contributed by atoms with Gasteiger partial charge in [-0.2, -0.15) is 15.2 Å². The van der Waals surface area contributed by atoms with Gasteiger partial charge in [-0.3, -0.25) is 0 Å². The van der Waals surface area contributed by atoms with Crippen LogP contribution >= 0.6 is 0 Å². The molecule has 0 aromatic carbocycles. The molecule has 0 aliphatic heterocycles. The van der Waals surface area contributed by atoms with Gasteiger partial charge in [-0.05, 0) is 19.1 Å². The third kappa shape index (κ3) is 2.92. The van der Waals surface area contributed by atoms with Crippen molar-refractivity contribution < 1.29 is 14.2 Å². The van der Waals surface area contributed by atoms with Crippen LogP contribution in [0.25, 0.3) is 0 Å². The molecule has 0 atom stereocenters. The van der Waals surface area contributed by atoms with E-state index in [4.69, 9.17) is 19.5 Å². The van der Waals surface area contributed by atoms with E-state index >= 15 is 0 Å². The lowest BCUT2D eigenvalue weighted by atomic mass is 10.3. The minimum atomic E-state index is 0.0170. The van der Waals surface area contributed by atoms with E-state index in [1.54, 1.807) is 19.1 Å². The fourth-order valence-electron chi connectivity index (χ4n) is 1.44. The Bertz CT molecular complexity index is 645. The maximum atomic E-state index is 9.04. The number of rotatable bonds is 4. The Morgan fingerprint density at radius 3 is 2.25 bits per heavy atom. The Balaban J connectivity index is 2.37. The number of hydrogen-bond acceptors (Lipinski definition) is 7. The molecular formula is C13H12N4O3. The lowest BCUT2D eigenvalue weighted by Gasteiger charge is -2.08. The summed E-state index contributed by atoms with van der Waals surface area (Å²) in [4.78, 5) is 12.1. The van der Waals surface area contributed by atoms with E-state index < -0.39 is 0 Å². The highest BCUT2D eigenvalue weighted by Gasteiger charge is 2.11. The Hall–Kier alpha value is -2.88. The van der Waals surface area contributed by atoms with Gasteiger partial charge in [0.15, 0.2) is 11.4 Å². The van der Waals surface area contributed by atoms with Gasteiger partial charge in [-0.1, -0.05) is 0 Å². The molecule has 0 aliphatic rings. The van der Waals surface area contributed by atoms with Crippen LogP contribution in [0.1, 0.15) is 11.4 Å². The molecule has 0 aliphatic carbocycles. The molecule has 20 heavy (non-hydrogen) atoms. The highest BCUT2D eigenvalue weighted by molar-refractivity contribution is 5.39. The first-order chi connectivity index (χ1) is 9.66. The molecule has 2 aromatic heterocycles. The van der Waals surface area contributed by atoms with E-state index in [9.17, 15) is 0 Å². The van der Waals surface area contributed by atoms with E-state index in [1.807, 2.05) is 6.07 Å². The summed E-state index contributed by atoms with van der Waals surface area (Å²) in [6, 6.07) is 6.86. The molecule has 2 aromatic rings. The summed E-state index contributed by atoms with van der Waals surface area (Å²) in [7, 11) is 2.94. The van der Waals surface area contributed by atoms with Crippen LogP contribution in [0.2, 0.25) is 0 Å². The van der Waals surface area contributed by atoms with Gasteiger partial charge in [0.25, 0.3) is 0 Å². The zero-order valence-electron chi connectivity index (χ0n) is 11.2. The maximum absolute atomic E-state index is 9.04. The van der Waals surface area contributed by atoms with Gasteiger partial charge in [0, 0.05) is 5.69 Å². The minimum absolute atomic E-state index is 0.0170. The molecular weight excluding hydrogens is 260 g/mol. The molecule has 0 fully saturated rings. The predicted octanol–water partition coefficient (Wildman–Crippen LogP) is 1.86. The maximum Gasteiger partial charge on any atom is 0.328 e. The van der Waals surface area contributed by atoms with E-state index in [-0.39, 0.29) is 17.5 Å². The van der Waals surface area contributed by atoms with Crippen LogP contribution in [0.15, 0.2) is 18.2 Å². The van der Waals surface area contributed by atoms with Gasteiger partial charge in [0.05, 0.1) is 20.3 Å². The lowest BCUT2D eigenvalue weighted by Crippen LogP contribution is -2.00. The average Bonchev–Trinajstić information content (AvgIpc) is 2.48. The number of nitriles is 1. The number of pyridine rings is 1. The number of nitrogens with zero attached hydrogens (tertiary/aromatic N) is 4. The van der Waals surface area contributed by atoms with E-state index in [0.717, 1.165) is 5.69 Å². The van der Waals surface area contributed by atoms with Gasteiger partial charge < -0.3 is 14.2 Å². The second kappa shape index (κ2) is 5.84. The van der Waals surface area contributed by atoms with Crippen LogP contribution in [0, 0.1) is 18.3 Å². The zero-order valence-corrected chi connectivity index (χ0v) is 11.2. The predicted molar refractivity (Wildman–Crippen MR) is 68.9 cm³/mol. The number of hydrogen-bond donors (Lipinski definition) is 0. The Labute approximate surface area is 115 Å². The van der Waals surface area contributed by atoms with Gasteiger partial charge in [-0.25, -0.2) is 4.98 Å². The van der Waals surface area contributed by atoms with Crippen molar-refractivity contribution in [3.8, 4) is 29.6 Å². The lowest BCUT2D eigenvalue weighted by molar-refractivity contribution is 0.347. The largest absolute Gasteiger partial charge is 0.481 e. The van der Waals surface area contributed by atoms with Crippen LogP contribution < -0.4 is 14.2 Å². The topological polar surface area (TPSA) is 90.1 Å². The first-order valence-electron chi connectivity index (χ1n) is 5.69. The third-order valence-electron chi connectivity index (χ3n) is 2.38. The summed E-state index contributed by atoms with van der Waals surface area (Å²) in [6.45, 7) is 1.79. The molecule has 0 radical (unpaired) electrons. The molecule has 2 rings (SSSR count). The quantitative estimate of drug-likeness (QED) is 0.838. The van der Waals surface area contributed by atoms with E-state index in [2.05, 4.69) is 15.0 Å². The van der Waals surface area contributed by atoms with E-state index in [0.29, 0.717) is 11.8 Å². The van der Waals surface area contributed by atoms with E-state index in [1.165, 1.54) is 20.3 Å². The monoisotopic (exact) mass is 272 g/mol. The fourth-order valence-corrected chi connectivity index (χ4v) is 1.44. The van der Waals surface area contributed by atoms with Crippen molar-refractivity contribution in [2.75, 3.05) is 14.2 Å². The number of aryl methyl sites for hydroxylation is 1. The molecule has 0 spiro atoms. The van der Waals surface area contributed by atoms with Crippen LogP contribution in [0.4, 0.5) is 0 Å². The molecule has 0 amide bonds. The van der Waals surface area contributed by atoms with Crippen LogP contribution in [0.5, 0.6) is 23.5 Å². The molecule has 7 heteroatoms. The van der Waals surface area contributed by atoms with Crippen molar-refractivity contribution >= 4 is 0 Å². The van der Waals surface area contributed by atoms with Crippen molar-refractivity contribution in [2.24, 2.45) is 0 Å². The number of methoxy groups -OCH3 is 2. The highest BCUT2D eigenvalue weighted by Crippen LogP contribution is 2.25. The molecule has 0 saturated carbocycles. The summed E-state index contributed by atoms with van der Waals surface area (Å²) in [5.41, 5.74) is 0.883. The average molecular weight is 272 g/mol. The smallest absolute Gasteiger partial charge is 0.328 e. The fraction of sp³-hybridized carbons (Fsp3) is 0.231. The Kier molecular flexibility index (Phi) is 3.96. The molecule has 102 valence electrons. The van der Waals surface area contributed by atoms with Crippen molar-refractivity contribution in [3.63, 3.8) is 0 Å². The summed E-state index contributed by atoms with van der Waals surface area (Å²) in [6.07, 6.45) is 0. The first kappa shape index (κ1) is 13.5. The van der Waals surface area contributed by atoms with Gasteiger partial charge in [-0.15, -0.1) is 0 Å². The Morgan fingerprint density at radius 1 is 1.05 bits per heavy atom. The molecule has 0 saturated heterocycles. The third-order valence-corrected chi connectivity index (χ3v) is 2.38. The second-order valence-corrected chi connectivity index (χ2v) is 3.75. The summed E-state index contributed by atoms with van der Waals surface area (Å²) in [5, 5.41) is 9.04. The Morgan fingerprint density at radius 2 is 1.70 bits per heavy atom. The molecule has 7 nitrogen and oxygen atoms in total. The van der Waals surface area contributed by atoms with Gasteiger partial charge in [0.2, 0.25) is 11.8 Å². The normalized spacial score (nSPS) is 9.70. The SMILES string of the molecule is COc1cc(OC)nc(Oc2ccc(C)nc2C#N)n1. The standard InChI is InChI=1S/C13H12N4O3/c1-8-4-5-10(9(7-14)15-8)20-13-16-11(18-2)6-12(17-13)19-3/h4-6H,1-3H3. The zero-order chi connectivity index (χ0) is 14.5. The van der Waals surface area contributed by atoms with Crippen LogP contribution in [0.3, 0.4) is 0 Å². The van der Waals surface area contributed by atoms with Crippen LogP contribution in [-0.2, 0) is 0 Å². The van der Waals surface area contributed by atoms with Crippen molar-refractivity contribution in [2.45, 2.75) is 6.92 Å². The molecule has 0 N–H and O–H groups in total. The second-order valence-electron chi connectivity index (χ2n) is 3.75. The van der Waals surface area contributed by atoms with Gasteiger partial charge in [0.1, 0.15) is 6.07 Å². The summed E-state index contributed by atoms with van der Waals surface area (Å²) in [5.74, 6) is 0.865. The summed E-state index contributed by atoms with van der Waals surface area (Å²) < 4.78 is 15.5. The number of aromatic nitrogens is 3. The van der Waals surface area contributed by atoms with Gasteiger partial charge >= 0.3 is 6.01 Å². The van der Waals surface area contributed by atoms with Crippen molar-refractivity contribution in [3.05, 3.63) is 29.6 Å². The minimum Gasteiger partial charge on any atom is -0.481 e. The molecule has 0 bridgehead atoms. The van der Waals surface area contributed by atoms with Crippen molar-refractivity contribution in [1.29, 1.82) is 5.26 Å². The molecule has 2 heterocycles.